The van der Waals surface area contributed by atoms with Gasteiger partial charge in [0.15, 0.2) is 5.69 Å². The molecule has 0 amide bonds. The second-order valence-electron chi connectivity index (χ2n) is 4.83. The molecule has 0 saturated heterocycles. The summed E-state index contributed by atoms with van der Waals surface area (Å²) in [4.78, 5) is 22.0. The van der Waals surface area contributed by atoms with Gasteiger partial charge in [0.2, 0.25) is 5.65 Å². The zero-order valence-electron chi connectivity index (χ0n) is 12.5. The molecular formula is C18H17Br2N5O2. The highest BCUT2D eigenvalue weighted by Gasteiger charge is 2.09. The molecule has 7 nitrogen and oxygen atoms in total. The highest BCUT2D eigenvalue weighted by Crippen LogP contribution is 2.18. The zero-order valence-corrected chi connectivity index (χ0v) is 15.6. The van der Waals surface area contributed by atoms with Crippen molar-refractivity contribution in [3.05, 3.63) is 75.1 Å². The molecule has 0 aliphatic heterocycles. The molecule has 4 aromatic heterocycles. The number of carboxylic acids is 1. The van der Waals surface area contributed by atoms with Crippen molar-refractivity contribution in [3.8, 4) is 0 Å². The van der Waals surface area contributed by atoms with Gasteiger partial charge in [0.1, 0.15) is 5.65 Å². The summed E-state index contributed by atoms with van der Waals surface area (Å²) in [6, 6.07) is 7.32. The first-order valence-electron chi connectivity index (χ1n) is 6.85. The van der Waals surface area contributed by atoms with E-state index < -0.39 is 5.97 Å². The third kappa shape index (κ3) is 4.72. The Bertz CT molecular complexity index is 1130. The van der Waals surface area contributed by atoms with Gasteiger partial charge in [-0.1, -0.05) is 21.4 Å². The normalized spacial score (nSPS) is 9.52. The van der Waals surface area contributed by atoms with Crippen molar-refractivity contribution in [1.29, 1.82) is 0 Å². The van der Waals surface area contributed by atoms with E-state index in [1.165, 1.54) is 10.6 Å². The summed E-state index contributed by atoms with van der Waals surface area (Å²) in [5.74, 6) is -0.447. The molecule has 0 aliphatic rings. The van der Waals surface area contributed by atoms with Gasteiger partial charge in [-0.15, -0.1) is 0 Å². The van der Waals surface area contributed by atoms with Crippen molar-refractivity contribution in [2.24, 2.45) is 0 Å². The van der Waals surface area contributed by atoms with E-state index in [2.05, 4.69) is 46.7 Å². The van der Waals surface area contributed by atoms with Crippen molar-refractivity contribution in [2.45, 2.75) is 14.9 Å². The van der Waals surface area contributed by atoms with Gasteiger partial charge < -0.3 is 9.95 Å². The molecule has 0 saturated carbocycles. The summed E-state index contributed by atoms with van der Waals surface area (Å²) in [6.45, 7) is 6.86. The molecule has 140 valence electrons. The molecule has 0 unspecified atom stereocenters. The molecule has 4 aromatic rings. The SMILES string of the molecule is C.C.O=C(O)c1cnc2ccc(Br)cn12.[C-]#[N+]c1cnc2ccc(Br)cn12. The molecule has 0 radical (unpaired) electrons. The number of imidazole rings is 2. The number of fused-ring (bicyclic) bond motifs is 2. The number of pyridine rings is 2. The predicted molar refractivity (Wildman–Crippen MR) is 112 cm³/mol. The maximum Gasteiger partial charge on any atom is 0.354 e. The van der Waals surface area contributed by atoms with Crippen LogP contribution in [-0.2, 0) is 0 Å². The van der Waals surface area contributed by atoms with Crippen LogP contribution >= 0.6 is 31.9 Å². The Hall–Kier alpha value is -2.70. The molecule has 0 bridgehead atoms. The number of hydrogen-bond acceptors (Lipinski definition) is 3. The van der Waals surface area contributed by atoms with Crippen LogP contribution in [0.4, 0.5) is 5.82 Å². The van der Waals surface area contributed by atoms with Crippen molar-refractivity contribution < 1.29 is 9.90 Å². The maximum atomic E-state index is 10.7. The number of carboxylic acid groups (broad SMARTS) is 1. The Kier molecular flexibility index (Phi) is 7.69. The number of halogens is 2. The lowest BCUT2D eigenvalue weighted by Crippen LogP contribution is -2.00. The van der Waals surface area contributed by atoms with Crippen LogP contribution in [0.25, 0.3) is 16.1 Å². The summed E-state index contributed by atoms with van der Waals surface area (Å²) < 4.78 is 5.03. The number of rotatable bonds is 1. The minimum Gasteiger partial charge on any atom is -0.477 e. The summed E-state index contributed by atoms with van der Waals surface area (Å²) >= 11 is 6.59. The first-order chi connectivity index (χ1) is 12.0. The third-order valence-electron chi connectivity index (χ3n) is 3.25. The Morgan fingerprint density at radius 3 is 2.04 bits per heavy atom. The molecule has 27 heavy (non-hydrogen) atoms. The van der Waals surface area contributed by atoms with Gasteiger partial charge in [-0.05, 0) is 50.1 Å². The highest BCUT2D eigenvalue weighted by molar-refractivity contribution is 9.10. The van der Waals surface area contributed by atoms with Gasteiger partial charge in [0, 0.05) is 16.7 Å². The van der Waals surface area contributed by atoms with Crippen LogP contribution in [0.2, 0.25) is 0 Å². The van der Waals surface area contributed by atoms with Crippen molar-refractivity contribution in [2.75, 3.05) is 0 Å². The largest absolute Gasteiger partial charge is 0.477 e. The molecule has 0 aliphatic carbocycles. The number of aromatic nitrogens is 4. The summed E-state index contributed by atoms with van der Waals surface area (Å²) in [7, 11) is 0. The minimum absolute atomic E-state index is 0. The zero-order chi connectivity index (χ0) is 18.0. The maximum absolute atomic E-state index is 10.7. The molecule has 9 heteroatoms. The average Bonchev–Trinajstić information content (AvgIpc) is 3.18. The highest BCUT2D eigenvalue weighted by atomic mass is 79.9. The second-order valence-corrected chi connectivity index (χ2v) is 6.66. The minimum atomic E-state index is -0.981. The second kappa shape index (κ2) is 9.30. The summed E-state index contributed by atoms with van der Waals surface area (Å²) in [5, 5.41) is 8.79. The van der Waals surface area contributed by atoms with Gasteiger partial charge in [-0.25, -0.2) is 19.2 Å². The van der Waals surface area contributed by atoms with E-state index in [9.17, 15) is 4.79 Å². The van der Waals surface area contributed by atoms with E-state index in [-0.39, 0.29) is 20.5 Å². The van der Waals surface area contributed by atoms with Crippen molar-refractivity contribution in [1.82, 2.24) is 18.8 Å². The monoisotopic (exact) mass is 493 g/mol. The van der Waals surface area contributed by atoms with Crippen LogP contribution in [0.3, 0.4) is 0 Å². The fourth-order valence-corrected chi connectivity index (χ4v) is 2.81. The fraction of sp³-hybridized carbons (Fsp3) is 0.111. The Balaban J connectivity index is 0.000000252. The fourth-order valence-electron chi connectivity index (χ4n) is 2.14. The van der Waals surface area contributed by atoms with E-state index >= 15 is 0 Å². The van der Waals surface area contributed by atoms with E-state index in [0.29, 0.717) is 11.5 Å². The number of nitrogens with zero attached hydrogens (tertiary/aromatic N) is 5. The Morgan fingerprint density at radius 1 is 0.963 bits per heavy atom. The standard InChI is InChI=1S/C8H4BrN3.C8H5BrN2O2.2CH4/c1-10-8-4-11-7-3-2-6(9)5-12(7)8;9-5-1-2-7-10-3-6(8(12)13)11(7)4-5;;/h2-5H;1-4H,(H,12,13);2*1H4. The van der Waals surface area contributed by atoms with Gasteiger partial charge in [-0.2, -0.15) is 0 Å². The topological polar surface area (TPSA) is 76.3 Å². The van der Waals surface area contributed by atoms with Gasteiger partial charge >= 0.3 is 5.97 Å². The number of carbonyl (C=O) groups is 1. The third-order valence-corrected chi connectivity index (χ3v) is 4.19. The van der Waals surface area contributed by atoms with Crippen molar-refractivity contribution in [3.63, 3.8) is 0 Å². The molecule has 0 fully saturated rings. The van der Waals surface area contributed by atoms with Gasteiger partial charge in [0.25, 0.3) is 5.82 Å². The predicted octanol–water partition coefficient (Wildman–Crippen LogP) is 5.71. The Labute approximate surface area is 173 Å². The van der Waals surface area contributed by atoms with E-state index in [4.69, 9.17) is 11.7 Å². The van der Waals surface area contributed by atoms with Gasteiger partial charge in [0.05, 0.1) is 23.1 Å². The van der Waals surface area contributed by atoms with E-state index in [0.717, 1.165) is 14.6 Å². The quantitative estimate of drug-likeness (QED) is 0.343. The first-order valence-corrected chi connectivity index (χ1v) is 8.44. The number of aromatic carboxylic acids is 1. The average molecular weight is 495 g/mol. The van der Waals surface area contributed by atoms with E-state index in [1.54, 1.807) is 22.9 Å². The molecule has 4 heterocycles. The van der Waals surface area contributed by atoms with Gasteiger partial charge in [-0.3, -0.25) is 4.40 Å². The van der Waals surface area contributed by atoms with Crippen LogP contribution in [0.1, 0.15) is 25.3 Å². The summed E-state index contributed by atoms with van der Waals surface area (Å²) in [6.07, 6.45) is 6.40. The van der Waals surface area contributed by atoms with Crippen LogP contribution in [0, 0.1) is 6.57 Å². The molecule has 0 spiro atoms. The number of hydrogen-bond donors (Lipinski definition) is 1. The molecule has 0 atom stereocenters. The Morgan fingerprint density at radius 2 is 1.48 bits per heavy atom. The van der Waals surface area contributed by atoms with Crippen molar-refractivity contribution >= 4 is 54.9 Å². The molecular weight excluding hydrogens is 478 g/mol. The molecule has 0 aromatic carbocycles. The molecule has 1 N–H and O–H groups in total. The first kappa shape index (κ1) is 22.3. The van der Waals surface area contributed by atoms with Crippen LogP contribution in [0.5, 0.6) is 0 Å². The van der Waals surface area contributed by atoms with E-state index in [1.807, 2.05) is 24.4 Å². The van der Waals surface area contributed by atoms with Crippen LogP contribution in [0.15, 0.2) is 58.0 Å². The van der Waals surface area contributed by atoms with Crippen LogP contribution in [-0.4, -0.2) is 29.8 Å². The van der Waals surface area contributed by atoms with Crippen LogP contribution < -0.4 is 0 Å². The lowest BCUT2D eigenvalue weighted by Gasteiger charge is -1.96. The molecule has 4 rings (SSSR count). The lowest BCUT2D eigenvalue weighted by molar-refractivity contribution is 0.0689. The summed E-state index contributed by atoms with van der Waals surface area (Å²) in [5.41, 5.74) is 1.58. The lowest BCUT2D eigenvalue weighted by atomic mass is 10.4. The smallest absolute Gasteiger partial charge is 0.354 e.